The monoisotopic (exact) mass is 421 g/mol. The van der Waals surface area contributed by atoms with E-state index in [2.05, 4.69) is 5.32 Å². The Hall–Kier alpha value is -3.54. The van der Waals surface area contributed by atoms with E-state index in [1.54, 1.807) is 20.3 Å². The van der Waals surface area contributed by atoms with Gasteiger partial charge in [-0.15, -0.1) is 0 Å². The van der Waals surface area contributed by atoms with Gasteiger partial charge in [-0.05, 0) is 41.3 Å². The van der Waals surface area contributed by atoms with Gasteiger partial charge in [-0.2, -0.15) is 0 Å². The van der Waals surface area contributed by atoms with Gasteiger partial charge in [0, 0.05) is 6.42 Å². The van der Waals surface area contributed by atoms with Crippen molar-refractivity contribution in [2.45, 2.75) is 25.8 Å². The summed E-state index contributed by atoms with van der Waals surface area (Å²) in [5.74, 6) is 0.417. The highest BCUT2D eigenvalue weighted by molar-refractivity contribution is 5.87. The summed E-state index contributed by atoms with van der Waals surface area (Å²) < 4.78 is 15.8. The Bertz CT molecular complexity index is 1060. The van der Waals surface area contributed by atoms with Crippen LogP contribution in [0.3, 0.4) is 0 Å². The second kappa shape index (κ2) is 10.5. The van der Waals surface area contributed by atoms with Crippen LogP contribution < -0.4 is 14.8 Å². The summed E-state index contributed by atoms with van der Waals surface area (Å²) in [6.07, 6.45) is 0.558. The fraction of sp³-hybridized carbons (Fsp3) is 0.280. The molecule has 0 bridgehead atoms. The molecule has 1 atom stereocenters. The van der Waals surface area contributed by atoms with Crippen LogP contribution in [-0.4, -0.2) is 32.7 Å². The molecule has 0 fully saturated rings. The fourth-order valence-corrected chi connectivity index (χ4v) is 3.59. The van der Waals surface area contributed by atoms with Crippen molar-refractivity contribution in [3.8, 4) is 11.5 Å². The highest BCUT2D eigenvalue weighted by Gasteiger charge is 2.15. The topological polar surface area (TPSA) is 73.9 Å². The Kier molecular flexibility index (Phi) is 7.49. The van der Waals surface area contributed by atoms with E-state index in [0.29, 0.717) is 17.9 Å². The molecule has 3 rings (SSSR count). The first-order valence-electron chi connectivity index (χ1n) is 10.2. The Morgan fingerprint density at radius 2 is 1.68 bits per heavy atom. The number of carbonyl (C=O) groups is 2. The van der Waals surface area contributed by atoms with Crippen molar-refractivity contribution in [3.05, 3.63) is 71.8 Å². The molecule has 6 nitrogen and oxygen atoms in total. The third-order valence-corrected chi connectivity index (χ3v) is 5.11. The van der Waals surface area contributed by atoms with E-state index in [4.69, 9.17) is 14.2 Å². The van der Waals surface area contributed by atoms with Crippen LogP contribution in [0.25, 0.3) is 10.8 Å². The van der Waals surface area contributed by atoms with Gasteiger partial charge in [0.2, 0.25) is 0 Å². The summed E-state index contributed by atoms with van der Waals surface area (Å²) >= 11 is 0. The predicted molar refractivity (Wildman–Crippen MR) is 119 cm³/mol. The average Bonchev–Trinajstić information content (AvgIpc) is 2.80. The zero-order chi connectivity index (χ0) is 22.2. The number of carbonyl (C=O) groups excluding carboxylic acids is 2. The van der Waals surface area contributed by atoms with Crippen molar-refractivity contribution in [1.29, 1.82) is 0 Å². The number of hydrogen-bond acceptors (Lipinski definition) is 5. The Morgan fingerprint density at radius 3 is 2.45 bits per heavy atom. The third-order valence-electron chi connectivity index (χ3n) is 5.11. The van der Waals surface area contributed by atoms with Crippen molar-refractivity contribution < 1.29 is 23.8 Å². The lowest BCUT2D eigenvalue weighted by Crippen LogP contribution is -2.31. The zero-order valence-corrected chi connectivity index (χ0v) is 18.0. The van der Waals surface area contributed by atoms with Crippen LogP contribution >= 0.6 is 0 Å². The normalized spacial score (nSPS) is 11.6. The maximum atomic E-state index is 12.3. The van der Waals surface area contributed by atoms with Gasteiger partial charge in [-0.1, -0.05) is 54.6 Å². The van der Waals surface area contributed by atoms with E-state index < -0.39 is 5.97 Å². The highest BCUT2D eigenvalue weighted by atomic mass is 16.5. The fourth-order valence-electron chi connectivity index (χ4n) is 3.59. The van der Waals surface area contributed by atoms with Crippen LogP contribution in [0, 0.1) is 0 Å². The molecular formula is C25H27NO5. The van der Waals surface area contributed by atoms with Crippen LogP contribution in [0.4, 0.5) is 0 Å². The quantitative estimate of drug-likeness (QED) is 0.524. The number of benzene rings is 3. The van der Waals surface area contributed by atoms with E-state index in [1.165, 1.54) is 0 Å². The third kappa shape index (κ3) is 5.54. The van der Waals surface area contributed by atoms with Gasteiger partial charge in [-0.3, -0.25) is 9.59 Å². The highest BCUT2D eigenvalue weighted by Crippen LogP contribution is 2.31. The maximum absolute atomic E-state index is 12.3. The molecule has 0 aliphatic rings. The number of ether oxygens (including phenoxy) is 3. The Balaban J connectivity index is 1.51. The number of fused-ring (bicyclic) bond motifs is 1. The molecule has 3 aromatic rings. The molecule has 1 N–H and O–H groups in total. The number of rotatable bonds is 9. The summed E-state index contributed by atoms with van der Waals surface area (Å²) in [5.41, 5.74) is 1.86. The largest absolute Gasteiger partial charge is 0.493 e. The maximum Gasteiger partial charge on any atom is 0.306 e. The molecule has 162 valence electrons. The minimum absolute atomic E-state index is 0.135. The summed E-state index contributed by atoms with van der Waals surface area (Å²) in [7, 11) is 3.12. The zero-order valence-electron chi connectivity index (χ0n) is 18.0. The molecule has 1 amide bonds. The predicted octanol–water partition coefficient (Wildman–Crippen LogP) is 4.21. The second-order valence-corrected chi connectivity index (χ2v) is 7.17. The SMILES string of the molecule is COc1cccc(CCC(=O)OCC(=O)N[C@@H](C)c2cccc3ccccc23)c1OC. The van der Waals surface area contributed by atoms with Gasteiger partial charge in [0.25, 0.3) is 5.91 Å². The molecule has 0 spiro atoms. The first-order valence-corrected chi connectivity index (χ1v) is 10.2. The minimum Gasteiger partial charge on any atom is -0.493 e. The minimum atomic E-state index is -0.446. The van der Waals surface area contributed by atoms with Gasteiger partial charge in [0.1, 0.15) is 0 Å². The number of hydrogen-bond donors (Lipinski definition) is 1. The first-order chi connectivity index (χ1) is 15.0. The molecule has 0 aromatic heterocycles. The molecule has 0 saturated heterocycles. The number of nitrogens with one attached hydrogen (secondary N) is 1. The Morgan fingerprint density at radius 1 is 0.935 bits per heavy atom. The molecule has 0 aliphatic heterocycles. The van der Waals surface area contributed by atoms with Gasteiger partial charge in [0.05, 0.1) is 20.3 Å². The average molecular weight is 421 g/mol. The number of aryl methyl sites for hydroxylation is 1. The standard InChI is InChI=1S/C25H27NO5/c1-17(20-12-6-9-18-8-4-5-11-21(18)20)26-23(27)16-31-24(28)15-14-19-10-7-13-22(29-2)25(19)30-3/h4-13,17H,14-16H2,1-3H3,(H,26,27)/t17-/m0/s1. The van der Waals surface area contributed by atoms with Crippen molar-refractivity contribution in [3.63, 3.8) is 0 Å². The summed E-state index contributed by atoms with van der Waals surface area (Å²) in [4.78, 5) is 24.4. The van der Waals surface area contributed by atoms with E-state index in [1.807, 2.05) is 61.5 Å². The van der Waals surface area contributed by atoms with E-state index in [-0.39, 0.29) is 25.0 Å². The molecule has 0 unspecified atom stereocenters. The molecule has 3 aromatic carbocycles. The van der Waals surface area contributed by atoms with Crippen molar-refractivity contribution in [2.24, 2.45) is 0 Å². The van der Waals surface area contributed by atoms with Crippen LogP contribution in [-0.2, 0) is 20.7 Å². The molecule has 6 heteroatoms. The lowest BCUT2D eigenvalue weighted by Gasteiger charge is -2.17. The number of para-hydroxylation sites is 1. The van der Waals surface area contributed by atoms with Crippen LogP contribution in [0.5, 0.6) is 11.5 Å². The lowest BCUT2D eigenvalue weighted by molar-refractivity contribution is -0.148. The number of esters is 1. The molecular weight excluding hydrogens is 394 g/mol. The van der Waals surface area contributed by atoms with Crippen LogP contribution in [0.1, 0.15) is 30.5 Å². The van der Waals surface area contributed by atoms with Crippen LogP contribution in [0.15, 0.2) is 60.7 Å². The molecule has 0 saturated carbocycles. The first kappa shape index (κ1) is 22.2. The Labute approximate surface area is 182 Å². The summed E-state index contributed by atoms with van der Waals surface area (Å²) in [6.45, 7) is 1.60. The van der Waals surface area contributed by atoms with Gasteiger partial charge in [0.15, 0.2) is 18.1 Å². The second-order valence-electron chi connectivity index (χ2n) is 7.17. The van der Waals surface area contributed by atoms with Gasteiger partial charge in [-0.25, -0.2) is 0 Å². The summed E-state index contributed by atoms with van der Waals surface area (Å²) in [6, 6.07) is 19.3. The van der Waals surface area contributed by atoms with Crippen molar-refractivity contribution in [2.75, 3.05) is 20.8 Å². The van der Waals surface area contributed by atoms with E-state index in [9.17, 15) is 9.59 Å². The molecule has 0 radical (unpaired) electrons. The molecule has 0 aliphatic carbocycles. The van der Waals surface area contributed by atoms with Crippen molar-refractivity contribution >= 4 is 22.6 Å². The van der Waals surface area contributed by atoms with Crippen LogP contribution in [0.2, 0.25) is 0 Å². The number of methoxy groups -OCH3 is 2. The van der Waals surface area contributed by atoms with Gasteiger partial charge < -0.3 is 19.5 Å². The smallest absolute Gasteiger partial charge is 0.306 e. The van der Waals surface area contributed by atoms with E-state index >= 15 is 0 Å². The van der Waals surface area contributed by atoms with Gasteiger partial charge >= 0.3 is 5.97 Å². The van der Waals surface area contributed by atoms with Crippen molar-refractivity contribution in [1.82, 2.24) is 5.32 Å². The molecule has 0 heterocycles. The lowest BCUT2D eigenvalue weighted by atomic mass is 10.00. The molecule has 31 heavy (non-hydrogen) atoms. The summed E-state index contributed by atoms with van der Waals surface area (Å²) in [5, 5.41) is 5.09. The number of amides is 1. The van der Waals surface area contributed by atoms with E-state index in [0.717, 1.165) is 21.9 Å².